The number of rotatable bonds is 4. The molecular formula is C19H14F3N3O2. The van der Waals surface area contributed by atoms with Crippen LogP contribution in [0.2, 0.25) is 0 Å². The van der Waals surface area contributed by atoms with Crippen molar-refractivity contribution < 1.29 is 22.8 Å². The van der Waals surface area contributed by atoms with Gasteiger partial charge in [0.2, 0.25) is 11.8 Å². The van der Waals surface area contributed by atoms with Crippen molar-refractivity contribution >= 4 is 23.2 Å². The second-order valence-electron chi connectivity index (χ2n) is 6.25. The highest BCUT2D eigenvalue weighted by Gasteiger charge is 2.56. The van der Waals surface area contributed by atoms with Gasteiger partial charge in [0.05, 0.1) is 17.2 Å². The molecular weight excluding hydrogens is 359 g/mol. The Morgan fingerprint density at radius 3 is 1.70 bits per heavy atom. The first kappa shape index (κ1) is 18.5. The number of nitrogens with zero attached hydrogens (tertiary/aromatic N) is 1. The van der Waals surface area contributed by atoms with E-state index in [-0.39, 0.29) is 5.69 Å². The van der Waals surface area contributed by atoms with Crippen LogP contribution < -0.4 is 10.6 Å². The number of carbonyl (C=O) groups is 2. The number of alkyl halides is 3. The number of amides is 2. The molecule has 0 aromatic heterocycles. The van der Waals surface area contributed by atoms with Gasteiger partial charge >= 0.3 is 6.18 Å². The molecule has 0 unspecified atom stereocenters. The number of nitriles is 1. The van der Waals surface area contributed by atoms with E-state index in [1.807, 2.05) is 6.07 Å². The zero-order valence-corrected chi connectivity index (χ0v) is 13.9. The fraction of sp³-hybridized carbons (Fsp3) is 0.211. The summed E-state index contributed by atoms with van der Waals surface area (Å²) in [4.78, 5) is 25.0. The Labute approximate surface area is 152 Å². The quantitative estimate of drug-likeness (QED) is 0.797. The second-order valence-corrected chi connectivity index (χ2v) is 6.25. The maximum Gasteiger partial charge on any atom is 0.416 e. The van der Waals surface area contributed by atoms with Gasteiger partial charge < -0.3 is 10.6 Å². The highest BCUT2D eigenvalue weighted by Crippen LogP contribution is 2.47. The van der Waals surface area contributed by atoms with Crippen LogP contribution in [0.25, 0.3) is 0 Å². The lowest BCUT2D eigenvalue weighted by atomic mass is 10.0. The molecule has 2 aromatic rings. The number of halogens is 3. The topological polar surface area (TPSA) is 82.0 Å². The molecule has 0 spiro atoms. The van der Waals surface area contributed by atoms with E-state index in [4.69, 9.17) is 5.26 Å². The van der Waals surface area contributed by atoms with Crippen LogP contribution in [-0.2, 0) is 15.8 Å². The standard InChI is InChI=1S/C19H14F3N3O2/c20-19(21,22)13-3-7-15(8-4-13)25-17(27)18(9-10-18)16(26)24-14-5-1-12(11-23)2-6-14/h1-8H,9-10H2,(H,24,26)(H,25,27). The average molecular weight is 373 g/mol. The lowest BCUT2D eigenvalue weighted by Crippen LogP contribution is -2.35. The molecule has 1 aliphatic rings. The summed E-state index contributed by atoms with van der Waals surface area (Å²) < 4.78 is 37.8. The van der Waals surface area contributed by atoms with Gasteiger partial charge in [-0.1, -0.05) is 0 Å². The molecule has 2 amide bonds. The van der Waals surface area contributed by atoms with E-state index in [1.165, 1.54) is 12.1 Å². The lowest BCUT2D eigenvalue weighted by Gasteiger charge is -2.16. The number of benzene rings is 2. The summed E-state index contributed by atoms with van der Waals surface area (Å²) in [5, 5.41) is 13.9. The van der Waals surface area contributed by atoms with Crippen LogP contribution in [0, 0.1) is 16.7 Å². The Morgan fingerprint density at radius 2 is 1.33 bits per heavy atom. The number of hydrogen-bond donors (Lipinski definition) is 2. The van der Waals surface area contributed by atoms with Crippen LogP contribution in [-0.4, -0.2) is 11.8 Å². The van der Waals surface area contributed by atoms with Gasteiger partial charge in [0.25, 0.3) is 0 Å². The van der Waals surface area contributed by atoms with Gasteiger partial charge in [-0.25, -0.2) is 0 Å². The minimum Gasteiger partial charge on any atom is -0.325 e. The first-order valence-electron chi connectivity index (χ1n) is 8.05. The van der Waals surface area contributed by atoms with E-state index in [2.05, 4.69) is 10.6 Å². The van der Waals surface area contributed by atoms with Crippen LogP contribution >= 0.6 is 0 Å². The smallest absolute Gasteiger partial charge is 0.325 e. The zero-order valence-electron chi connectivity index (χ0n) is 13.9. The Balaban J connectivity index is 1.66. The van der Waals surface area contributed by atoms with Crippen molar-refractivity contribution in [3.63, 3.8) is 0 Å². The summed E-state index contributed by atoms with van der Waals surface area (Å²) in [7, 11) is 0. The fourth-order valence-corrected chi connectivity index (χ4v) is 2.55. The van der Waals surface area contributed by atoms with E-state index >= 15 is 0 Å². The van der Waals surface area contributed by atoms with Crippen molar-refractivity contribution in [3.05, 3.63) is 59.7 Å². The average Bonchev–Trinajstić information content (AvgIpc) is 3.44. The highest BCUT2D eigenvalue weighted by molar-refractivity contribution is 6.16. The molecule has 1 saturated carbocycles. The normalized spacial score (nSPS) is 14.7. The van der Waals surface area contributed by atoms with Crippen LogP contribution in [0.5, 0.6) is 0 Å². The molecule has 27 heavy (non-hydrogen) atoms. The molecule has 0 bridgehead atoms. The minimum atomic E-state index is -4.46. The summed E-state index contributed by atoms with van der Waals surface area (Å²) in [5.74, 6) is -1.05. The summed E-state index contributed by atoms with van der Waals surface area (Å²) in [6, 6.07) is 12.2. The second kappa shape index (κ2) is 6.76. The van der Waals surface area contributed by atoms with Crippen LogP contribution in [0.3, 0.4) is 0 Å². The summed E-state index contributed by atoms with van der Waals surface area (Å²) in [6.07, 6.45) is -3.76. The third-order valence-corrected chi connectivity index (χ3v) is 4.36. The molecule has 1 fully saturated rings. The first-order chi connectivity index (χ1) is 12.7. The summed E-state index contributed by atoms with van der Waals surface area (Å²) >= 11 is 0. The fourth-order valence-electron chi connectivity index (χ4n) is 2.55. The number of anilines is 2. The van der Waals surface area contributed by atoms with Crippen molar-refractivity contribution in [2.45, 2.75) is 19.0 Å². The van der Waals surface area contributed by atoms with Crippen molar-refractivity contribution in [1.82, 2.24) is 0 Å². The third-order valence-electron chi connectivity index (χ3n) is 4.36. The van der Waals surface area contributed by atoms with Gasteiger partial charge in [0.15, 0.2) is 0 Å². The lowest BCUT2D eigenvalue weighted by molar-refractivity contribution is -0.137. The molecule has 0 heterocycles. The molecule has 0 saturated heterocycles. The number of nitrogens with one attached hydrogen (secondary N) is 2. The van der Waals surface area contributed by atoms with Gasteiger partial charge in [-0.2, -0.15) is 18.4 Å². The monoisotopic (exact) mass is 373 g/mol. The SMILES string of the molecule is N#Cc1ccc(NC(=O)C2(C(=O)Nc3ccc(C(F)(F)F)cc3)CC2)cc1. The highest BCUT2D eigenvalue weighted by atomic mass is 19.4. The Morgan fingerprint density at radius 1 is 0.889 bits per heavy atom. The van der Waals surface area contributed by atoms with E-state index < -0.39 is 29.0 Å². The summed E-state index contributed by atoms with van der Waals surface area (Å²) in [5.41, 5.74) is -0.983. The molecule has 0 atom stereocenters. The van der Waals surface area contributed by atoms with Crippen molar-refractivity contribution in [2.75, 3.05) is 10.6 Å². The molecule has 5 nitrogen and oxygen atoms in total. The molecule has 138 valence electrons. The van der Waals surface area contributed by atoms with Gasteiger partial charge in [0, 0.05) is 11.4 Å². The number of carbonyl (C=O) groups excluding carboxylic acids is 2. The molecule has 2 aromatic carbocycles. The predicted molar refractivity (Wildman–Crippen MR) is 91.5 cm³/mol. The van der Waals surface area contributed by atoms with E-state index in [1.54, 1.807) is 12.1 Å². The first-order valence-corrected chi connectivity index (χ1v) is 8.05. The Bertz CT molecular complexity index is 909. The Hall–Kier alpha value is -3.34. The molecule has 0 aliphatic heterocycles. The maximum atomic E-state index is 12.6. The van der Waals surface area contributed by atoms with Gasteiger partial charge in [-0.05, 0) is 61.4 Å². The zero-order chi connectivity index (χ0) is 19.7. The van der Waals surface area contributed by atoms with Crippen LogP contribution in [0.1, 0.15) is 24.0 Å². The molecule has 1 aliphatic carbocycles. The van der Waals surface area contributed by atoms with Crippen LogP contribution in [0.4, 0.5) is 24.5 Å². The van der Waals surface area contributed by atoms with E-state index in [9.17, 15) is 22.8 Å². The Kier molecular flexibility index (Phi) is 4.62. The third kappa shape index (κ3) is 3.92. The minimum absolute atomic E-state index is 0.186. The molecule has 3 rings (SSSR count). The van der Waals surface area contributed by atoms with Crippen molar-refractivity contribution in [1.29, 1.82) is 5.26 Å². The van der Waals surface area contributed by atoms with Gasteiger partial charge in [0.1, 0.15) is 5.41 Å². The van der Waals surface area contributed by atoms with Crippen molar-refractivity contribution in [2.24, 2.45) is 5.41 Å². The van der Waals surface area contributed by atoms with E-state index in [0.29, 0.717) is 24.1 Å². The van der Waals surface area contributed by atoms with Crippen LogP contribution in [0.15, 0.2) is 48.5 Å². The largest absolute Gasteiger partial charge is 0.416 e. The van der Waals surface area contributed by atoms with E-state index in [0.717, 1.165) is 24.3 Å². The molecule has 2 N–H and O–H groups in total. The predicted octanol–water partition coefficient (Wildman–Crippen LogP) is 3.93. The number of hydrogen-bond acceptors (Lipinski definition) is 3. The molecule has 8 heteroatoms. The van der Waals surface area contributed by atoms with Gasteiger partial charge in [-0.3, -0.25) is 9.59 Å². The van der Waals surface area contributed by atoms with Gasteiger partial charge in [-0.15, -0.1) is 0 Å². The van der Waals surface area contributed by atoms with Crippen molar-refractivity contribution in [3.8, 4) is 6.07 Å². The summed E-state index contributed by atoms with van der Waals surface area (Å²) in [6.45, 7) is 0. The molecule has 0 radical (unpaired) electrons. The maximum absolute atomic E-state index is 12.6.